The number of rotatable bonds is 3. The minimum Gasteiger partial charge on any atom is -0.508 e. The van der Waals surface area contributed by atoms with Gasteiger partial charge in [-0.15, -0.1) is 0 Å². The maximum Gasteiger partial charge on any atom is 0.161 e. The zero-order valence-corrected chi connectivity index (χ0v) is 26.5. The third kappa shape index (κ3) is 4.68. The first kappa shape index (κ1) is 28.9. The van der Waals surface area contributed by atoms with E-state index in [1.807, 2.05) is 36.4 Å². The molecule has 0 atom stereocenters. The zero-order valence-electron chi connectivity index (χ0n) is 26.5. The highest BCUT2D eigenvalue weighted by Gasteiger charge is 2.28. The maximum absolute atomic E-state index is 11.7. The molecule has 8 aromatic rings. The van der Waals surface area contributed by atoms with E-state index in [0.29, 0.717) is 11.1 Å². The van der Waals surface area contributed by atoms with Gasteiger partial charge in [0.05, 0.1) is 0 Å². The van der Waals surface area contributed by atoms with E-state index in [2.05, 4.69) is 109 Å². The van der Waals surface area contributed by atoms with Gasteiger partial charge in [-0.2, -0.15) is 0 Å². The number of phenols is 3. The molecule has 1 aliphatic carbocycles. The van der Waals surface area contributed by atoms with Gasteiger partial charge in [0.15, 0.2) is 11.5 Å². The van der Waals surface area contributed by atoms with Crippen LogP contribution in [-0.4, -0.2) is 23.2 Å². The molecule has 0 bridgehead atoms. The highest BCUT2D eigenvalue weighted by Crippen LogP contribution is 2.43. The van der Waals surface area contributed by atoms with Gasteiger partial charge in [0.2, 0.25) is 0 Å². The number of fused-ring (bicyclic) bond motifs is 5. The van der Waals surface area contributed by atoms with Crippen molar-refractivity contribution in [2.24, 2.45) is 0 Å². The molecule has 0 unspecified atom stereocenters. The average Bonchev–Trinajstić information content (AvgIpc) is 3.30. The number of benzene rings is 8. The minimum absolute atomic E-state index is 0.242. The van der Waals surface area contributed by atoms with E-state index < -0.39 is 5.75 Å². The molecule has 0 spiro atoms. The molecule has 230 valence electrons. The predicted molar refractivity (Wildman–Crippen MR) is 201 cm³/mol. The molecule has 0 amide bonds. The van der Waals surface area contributed by atoms with Crippen LogP contribution in [0.25, 0.3) is 54.6 Å². The van der Waals surface area contributed by atoms with Crippen LogP contribution in [0.5, 0.6) is 17.2 Å². The monoisotopic (exact) mass is 628 g/mol. The molecule has 49 heavy (non-hydrogen) atoms. The van der Waals surface area contributed by atoms with Crippen LogP contribution in [0.1, 0.15) is 22.3 Å². The van der Waals surface area contributed by atoms with E-state index in [-0.39, 0.29) is 23.4 Å². The molecule has 3 N–H and O–H groups in total. The van der Waals surface area contributed by atoms with E-state index >= 15 is 0 Å². The molecule has 1 aliphatic rings. The molecule has 4 heteroatoms. The van der Waals surface area contributed by atoms with Gasteiger partial charge < -0.3 is 15.3 Å². The van der Waals surface area contributed by atoms with Gasteiger partial charge in [-0.05, 0) is 100 Å². The first-order chi connectivity index (χ1) is 23.9. The second kappa shape index (κ2) is 11.2. The van der Waals surface area contributed by atoms with Crippen LogP contribution in [0.15, 0.2) is 146 Å². The topological polar surface area (TPSA) is 60.7 Å². The van der Waals surface area contributed by atoms with Gasteiger partial charge in [0, 0.05) is 23.1 Å². The first-order valence-electron chi connectivity index (χ1n) is 16.4. The summed E-state index contributed by atoms with van der Waals surface area (Å²) in [4.78, 5) is 0. The van der Waals surface area contributed by atoms with Gasteiger partial charge in [-0.25, -0.2) is 0 Å². The molecular weight excluding hydrogens is 599 g/mol. The highest BCUT2D eigenvalue weighted by molar-refractivity contribution is 6.37. The summed E-state index contributed by atoms with van der Waals surface area (Å²) in [6.45, 7) is 0. The molecule has 0 aromatic heterocycles. The van der Waals surface area contributed by atoms with Gasteiger partial charge >= 0.3 is 0 Å². The van der Waals surface area contributed by atoms with Crippen LogP contribution >= 0.6 is 0 Å². The summed E-state index contributed by atoms with van der Waals surface area (Å²) in [6, 6.07) is 50.3. The lowest BCUT2D eigenvalue weighted by atomic mass is 9.82. The molecule has 0 saturated carbocycles. The molecule has 2 radical (unpaired) electrons. The zero-order chi connectivity index (χ0) is 33.2. The largest absolute Gasteiger partial charge is 0.508 e. The lowest BCUT2D eigenvalue weighted by molar-refractivity contribution is 0.397. The number of hydrogen-bond donors (Lipinski definition) is 3. The molecular formula is C45H29BO3. The molecule has 3 nitrogen and oxygen atoms in total. The Morgan fingerprint density at radius 3 is 1.49 bits per heavy atom. The fourth-order valence-corrected chi connectivity index (χ4v) is 7.47. The first-order valence-corrected chi connectivity index (χ1v) is 16.4. The lowest BCUT2D eigenvalue weighted by Crippen LogP contribution is -2.30. The Morgan fingerprint density at radius 2 is 0.878 bits per heavy atom. The summed E-state index contributed by atoms with van der Waals surface area (Å²) in [5.74, 6) is -1.10. The van der Waals surface area contributed by atoms with Gasteiger partial charge in [0.25, 0.3) is 0 Å². The molecule has 0 fully saturated rings. The van der Waals surface area contributed by atoms with Crippen LogP contribution in [0, 0.1) is 0 Å². The van der Waals surface area contributed by atoms with Gasteiger partial charge in [-0.1, -0.05) is 121 Å². The number of hydrogen-bond acceptors (Lipinski definition) is 3. The summed E-state index contributed by atoms with van der Waals surface area (Å²) in [6.07, 6.45) is 0.242. The summed E-state index contributed by atoms with van der Waals surface area (Å²) in [5.41, 5.74) is 6.24. The van der Waals surface area contributed by atoms with E-state index in [4.69, 9.17) is 7.85 Å². The quantitative estimate of drug-likeness (QED) is 0.107. The second-order valence-corrected chi connectivity index (χ2v) is 12.8. The van der Waals surface area contributed by atoms with Crippen molar-refractivity contribution in [2.75, 3.05) is 0 Å². The van der Waals surface area contributed by atoms with Crippen LogP contribution in [-0.2, 0) is 6.42 Å². The van der Waals surface area contributed by atoms with Crippen molar-refractivity contribution < 1.29 is 15.3 Å². The van der Waals surface area contributed by atoms with Crippen LogP contribution in [0.3, 0.4) is 0 Å². The Balaban J connectivity index is 1.45. The SMILES string of the molecule is [B]c1c(O)c(O)c2c(c1O)C(c1ccc3ccccc3c1)=c1ccc(-c3ccc4ccccc4c3)cc1=C(c1ccc3ccccc3c1)C2. The van der Waals surface area contributed by atoms with Crippen LogP contribution < -0.4 is 15.9 Å². The Bertz CT molecular complexity index is 2800. The number of aromatic hydroxyl groups is 3. The fourth-order valence-electron chi connectivity index (χ4n) is 7.47. The van der Waals surface area contributed by atoms with Crippen LogP contribution in [0.2, 0.25) is 0 Å². The molecule has 0 heterocycles. The van der Waals surface area contributed by atoms with Crippen molar-refractivity contribution in [2.45, 2.75) is 6.42 Å². The summed E-state index contributed by atoms with van der Waals surface area (Å²) in [5, 5.41) is 42.9. The normalized spacial score (nSPS) is 12.7. The van der Waals surface area contributed by atoms with Crippen molar-refractivity contribution >= 4 is 56.8 Å². The molecule has 9 rings (SSSR count). The standard InChI is InChI=1S/C45H29BO3/c46-42-44(48)41-39(43(47)45(42)49)25-37(34-17-14-27-8-2-5-11-30(27)22-34)38-24-33(32-16-13-26-7-1-4-10-29(26)21-32)19-20-36(38)40(41)35-18-15-28-9-3-6-12-31(28)23-35/h1-24,47-49H,25H2. The second-order valence-electron chi connectivity index (χ2n) is 12.8. The van der Waals surface area contributed by atoms with Crippen molar-refractivity contribution in [3.63, 3.8) is 0 Å². The number of phenolic OH excluding ortho intramolecular Hbond substituents is 3. The van der Waals surface area contributed by atoms with Crippen molar-refractivity contribution in [1.82, 2.24) is 0 Å². The van der Waals surface area contributed by atoms with E-state index in [0.717, 1.165) is 70.8 Å². The maximum atomic E-state index is 11.7. The van der Waals surface area contributed by atoms with Crippen LogP contribution in [0.4, 0.5) is 0 Å². The Morgan fingerprint density at radius 1 is 0.408 bits per heavy atom. The van der Waals surface area contributed by atoms with Crippen molar-refractivity contribution in [1.29, 1.82) is 0 Å². The summed E-state index contributed by atoms with van der Waals surface area (Å²) < 4.78 is 0. The fraction of sp³-hybridized carbons (Fsp3) is 0.0222. The smallest absolute Gasteiger partial charge is 0.161 e. The Kier molecular flexibility index (Phi) is 6.60. The van der Waals surface area contributed by atoms with E-state index in [9.17, 15) is 15.3 Å². The molecule has 0 aliphatic heterocycles. The third-order valence-electron chi connectivity index (χ3n) is 10.00. The highest BCUT2D eigenvalue weighted by atomic mass is 16.3. The third-order valence-corrected chi connectivity index (χ3v) is 10.00. The van der Waals surface area contributed by atoms with Crippen molar-refractivity contribution in [3.8, 4) is 28.4 Å². The Labute approximate surface area is 284 Å². The minimum atomic E-state index is -0.519. The average molecular weight is 629 g/mol. The molecule has 0 saturated heterocycles. The van der Waals surface area contributed by atoms with E-state index in [1.54, 1.807) is 0 Å². The lowest BCUT2D eigenvalue weighted by Gasteiger charge is -2.20. The van der Waals surface area contributed by atoms with Gasteiger partial charge in [0.1, 0.15) is 13.6 Å². The summed E-state index contributed by atoms with van der Waals surface area (Å²) >= 11 is 0. The Hall–Kier alpha value is -6.26. The van der Waals surface area contributed by atoms with Gasteiger partial charge in [-0.3, -0.25) is 0 Å². The predicted octanol–water partition coefficient (Wildman–Crippen LogP) is 7.73. The molecule has 8 aromatic carbocycles. The summed E-state index contributed by atoms with van der Waals surface area (Å²) in [7, 11) is 6.28. The van der Waals surface area contributed by atoms with Crippen molar-refractivity contribution in [3.05, 3.63) is 178 Å². The van der Waals surface area contributed by atoms with E-state index in [1.165, 1.54) is 5.39 Å².